The standard InChI is InChI=1S/C64H124O17P2/c1-6-9-12-15-18-21-23-24-29-33-38-43-48-62(67)75-54-60(81-64(69)50-45-40-35-30-25-27-31-36-41-46-57(4)5)56-79-83(72,73)77-52-58(65)51-76-82(70,71)78-55-59(53-74-61(66)47-42-37-32-26-20-17-14-11-8-3)80-63(68)49-44-39-34-28-22-19-16-13-10-7-2/h57-60,65H,6-56H2,1-5H3,(H,70,71)(H,72,73)/t58-,59+,60+/m0/s1. The Morgan fingerprint density at radius 1 is 0.325 bits per heavy atom. The zero-order valence-electron chi connectivity index (χ0n) is 53.3. The molecule has 0 spiro atoms. The van der Waals surface area contributed by atoms with Crippen LogP contribution >= 0.6 is 15.6 Å². The van der Waals surface area contributed by atoms with Crippen molar-refractivity contribution in [3.05, 3.63) is 0 Å². The molecule has 0 saturated heterocycles. The second-order valence-corrected chi connectivity index (χ2v) is 26.5. The van der Waals surface area contributed by atoms with Crippen LogP contribution in [-0.2, 0) is 65.4 Å². The van der Waals surface area contributed by atoms with Crippen LogP contribution in [0.4, 0.5) is 0 Å². The predicted octanol–water partition coefficient (Wildman–Crippen LogP) is 17.8. The molecular weight excluding hydrogens is 1100 g/mol. The van der Waals surface area contributed by atoms with Crippen molar-refractivity contribution in [2.24, 2.45) is 5.92 Å². The first-order chi connectivity index (χ1) is 40.0. The molecule has 0 heterocycles. The molecule has 0 aromatic rings. The van der Waals surface area contributed by atoms with E-state index in [0.717, 1.165) is 95.8 Å². The molecule has 17 nitrogen and oxygen atoms in total. The first-order valence-electron chi connectivity index (χ1n) is 33.6. The molecule has 0 aliphatic rings. The van der Waals surface area contributed by atoms with E-state index < -0.39 is 97.5 Å². The molecular formula is C64H124O17P2. The van der Waals surface area contributed by atoms with Gasteiger partial charge in [-0.15, -0.1) is 0 Å². The number of hydrogen-bond donors (Lipinski definition) is 3. The van der Waals surface area contributed by atoms with E-state index in [1.165, 1.54) is 148 Å². The Morgan fingerprint density at radius 2 is 0.554 bits per heavy atom. The lowest BCUT2D eigenvalue weighted by molar-refractivity contribution is -0.161. The van der Waals surface area contributed by atoms with Gasteiger partial charge in [0.05, 0.1) is 26.4 Å². The lowest BCUT2D eigenvalue weighted by atomic mass is 10.0. The number of ether oxygens (including phenoxy) is 4. The average Bonchev–Trinajstić information content (AvgIpc) is 3.46. The molecule has 0 rings (SSSR count). The maximum absolute atomic E-state index is 13.0. The normalized spacial score (nSPS) is 14.2. The van der Waals surface area contributed by atoms with Gasteiger partial charge in [0.1, 0.15) is 19.3 Å². The van der Waals surface area contributed by atoms with Gasteiger partial charge in [0.25, 0.3) is 0 Å². The summed E-state index contributed by atoms with van der Waals surface area (Å²) < 4.78 is 68.0. The smallest absolute Gasteiger partial charge is 0.462 e. The quantitative estimate of drug-likeness (QED) is 0.0222. The van der Waals surface area contributed by atoms with Gasteiger partial charge in [-0.25, -0.2) is 9.13 Å². The van der Waals surface area contributed by atoms with Crippen LogP contribution in [0, 0.1) is 5.92 Å². The number of rotatable bonds is 64. The van der Waals surface area contributed by atoms with Gasteiger partial charge in [-0.1, -0.05) is 272 Å². The maximum atomic E-state index is 13.0. The highest BCUT2D eigenvalue weighted by Crippen LogP contribution is 2.45. The van der Waals surface area contributed by atoms with Crippen LogP contribution in [0.5, 0.6) is 0 Å². The monoisotopic (exact) mass is 1230 g/mol. The Hall–Kier alpha value is -1.94. The number of esters is 4. The van der Waals surface area contributed by atoms with E-state index in [1.54, 1.807) is 0 Å². The minimum absolute atomic E-state index is 0.106. The summed E-state index contributed by atoms with van der Waals surface area (Å²) in [4.78, 5) is 72.2. The summed E-state index contributed by atoms with van der Waals surface area (Å²) in [6, 6.07) is 0. The Labute approximate surface area is 505 Å². The van der Waals surface area contributed by atoms with Crippen molar-refractivity contribution in [3.8, 4) is 0 Å². The largest absolute Gasteiger partial charge is 0.472 e. The SMILES string of the molecule is CCCCCCCCCCCCCCC(=O)OC[C@H](COP(=O)(O)OC[C@@H](O)COP(=O)(O)OC[C@@H](COC(=O)CCCCCCCCCCC)OC(=O)CCCCCCCCCCCC)OC(=O)CCCCCCCCCCCC(C)C. The molecule has 0 aromatic carbocycles. The molecule has 3 N–H and O–H groups in total. The van der Waals surface area contributed by atoms with Crippen LogP contribution in [0.3, 0.4) is 0 Å². The van der Waals surface area contributed by atoms with E-state index >= 15 is 0 Å². The van der Waals surface area contributed by atoms with E-state index in [2.05, 4.69) is 34.6 Å². The molecule has 0 radical (unpaired) electrons. The van der Waals surface area contributed by atoms with Crippen LogP contribution in [0.2, 0.25) is 0 Å². The second-order valence-electron chi connectivity index (χ2n) is 23.6. The van der Waals surface area contributed by atoms with Crippen molar-refractivity contribution >= 4 is 39.5 Å². The van der Waals surface area contributed by atoms with Crippen LogP contribution in [0.1, 0.15) is 324 Å². The summed E-state index contributed by atoms with van der Waals surface area (Å²) in [6.07, 6.45) is 41.6. The van der Waals surface area contributed by atoms with Gasteiger partial charge in [-0.3, -0.25) is 37.3 Å². The Morgan fingerprint density at radius 3 is 0.819 bits per heavy atom. The van der Waals surface area contributed by atoms with Gasteiger partial charge in [-0.2, -0.15) is 0 Å². The minimum Gasteiger partial charge on any atom is -0.462 e. The molecule has 5 atom stereocenters. The molecule has 0 amide bonds. The number of phosphoric ester groups is 2. The summed E-state index contributed by atoms with van der Waals surface area (Å²) in [5.74, 6) is -1.40. The van der Waals surface area contributed by atoms with E-state index in [1.807, 2.05) is 0 Å². The van der Waals surface area contributed by atoms with Crippen LogP contribution < -0.4 is 0 Å². The topological polar surface area (TPSA) is 237 Å². The van der Waals surface area contributed by atoms with Crippen molar-refractivity contribution in [3.63, 3.8) is 0 Å². The average molecular weight is 1230 g/mol. The highest BCUT2D eigenvalue weighted by molar-refractivity contribution is 7.47. The van der Waals surface area contributed by atoms with E-state index in [-0.39, 0.29) is 25.7 Å². The molecule has 492 valence electrons. The molecule has 0 fully saturated rings. The second kappa shape index (κ2) is 57.8. The third-order valence-electron chi connectivity index (χ3n) is 14.8. The van der Waals surface area contributed by atoms with E-state index in [0.29, 0.717) is 25.7 Å². The highest BCUT2D eigenvalue weighted by Gasteiger charge is 2.30. The molecule has 0 aliphatic carbocycles. The van der Waals surface area contributed by atoms with Crippen LogP contribution in [-0.4, -0.2) is 96.7 Å². The number of hydrogen-bond acceptors (Lipinski definition) is 15. The summed E-state index contributed by atoms with van der Waals surface area (Å²) >= 11 is 0. The van der Waals surface area contributed by atoms with Gasteiger partial charge in [0.2, 0.25) is 0 Å². The van der Waals surface area contributed by atoms with Gasteiger partial charge in [0, 0.05) is 25.7 Å². The number of phosphoric acid groups is 2. The van der Waals surface area contributed by atoms with Crippen molar-refractivity contribution in [1.29, 1.82) is 0 Å². The van der Waals surface area contributed by atoms with Crippen molar-refractivity contribution in [1.82, 2.24) is 0 Å². The third-order valence-corrected chi connectivity index (χ3v) is 16.7. The van der Waals surface area contributed by atoms with Gasteiger partial charge < -0.3 is 33.8 Å². The predicted molar refractivity (Wildman–Crippen MR) is 331 cm³/mol. The van der Waals surface area contributed by atoms with Gasteiger partial charge in [0.15, 0.2) is 12.2 Å². The maximum Gasteiger partial charge on any atom is 0.472 e. The lowest BCUT2D eigenvalue weighted by Crippen LogP contribution is -2.30. The summed E-state index contributed by atoms with van der Waals surface area (Å²) in [5, 5.41) is 10.5. The summed E-state index contributed by atoms with van der Waals surface area (Å²) in [6.45, 7) is 7.15. The fraction of sp³-hybridized carbons (Fsp3) is 0.938. The summed E-state index contributed by atoms with van der Waals surface area (Å²) in [7, 11) is -9.88. The van der Waals surface area contributed by atoms with Crippen molar-refractivity contribution in [2.75, 3.05) is 39.6 Å². The number of aliphatic hydroxyl groups excluding tert-OH is 1. The molecule has 0 aliphatic heterocycles. The third kappa shape index (κ3) is 58.8. The van der Waals surface area contributed by atoms with E-state index in [4.69, 9.17) is 37.0 Å². The highest BCUT2D eigenvalue weighted by atomic mass is 31.2. The number of carbonyl (C=O) groups excluding carboxylic acids is 4. The zero-order valence-corrected chi connectivity index (χ0v) is 55.1. The molecule has 83 heavy (non-hydrogen) atoms. The van der Waals surface area contributed by atoms with Gasteiger partial charge in [-0.05, 0) is 31.6 Å². The molecule has 0 saturated carbocycles. The zero-order chi connectivity index (χ0) is 61.3. The molecule has 2 unspecified atom stereocenters. The fourth-order valence-electron chi connectivity index (χ4n) is 9.58. The Kier molecular flexibility index (Phi) is 56.4. The van der Waals surface area contributed by atoms with E-state index in [9.17, 15) is 43.2 Å². The number of unbranched alkanes of at least 4 members (excludes halogenated alkanes) is 36. The Bertz CT molecular complexity index is 1620. The summed E-state index contributed by atoms with van der Waals surface area (Å²) in [5.41, 5.74) is 0. The number of carbonyl (C=O) groups is 4. The van der Waals surface area contributed by atoms with Crippen LogP contribution in [0.15, 0.2) is 0 Å². The molecule has 0 aromatic heterocycles. The van der Waals surface area contributed by atoms with Crippen molar-refractivity contribution in [2.45, 2.75) is 342 Å². The number of aliphatic hydroxyl groups is 1. The van der Waals surface area contributed by atoms with Gasteiger partial charge >= 0.3 is 39.5 Å². The van der Waals surface area contributed by atoms with Crippen molar-refractivity contribution < 1.29 is 80.2 Å². The molecule has 0 bridgehead atoms. The fourth-order valence-corrected chi connectivity index (χ4v) is 11.2. The first kappa shape index (κ1) is 81.1. The molecule has 19 heteroatoms. The minimum atomic E-state index is -4.94. The van der Waals surface area contributed by atoms with Crippen LogP contribution in [0.25, 0.3) is 0 Å². The Balaban J connectivity index is 5.23. The lowest BCUT2D eigenvalue weighted by Gasteiger charge is -2.21. The first-order valence-corrected chi connectivity index (χ1v) is 36.6.